The number of hydrogen-bond donors (Lipinski definition) is 0. The molecular weight excluding hydrogens is 368 g/mol. The summed E-state index contributed by atoms with van der Waals surface area (Å²) in [6, 6.07) is 12.5. The van der Waals surface area contributed by atoms with E-state index in [-0.39, 0.29) is 0 Å². The van der Waals surface area contributed by atoms with E-state index in [0.29, 0.717) is 11.6 Å². The third kappa shape index (κ3) is 5.16. The first-order valence-electron chi connectivity index (χ1n) is 9.36. The molecule has 3 aromatic rings. The molecule has 0 radical (unpaired) electrons. The number of rotatable bonds is 7. The highest BCUT2D eigenvalue weighted by Gasteiger charge is 2.11. The lowest BCUT2D eigenvalue weighted by atomic mass is 10.1. The topological polar surface area (TPSA) is 50.6 Å². The van der Waals surface area contributed by atoms with Gasteiger partial charge in [-0.3, -0.25) is 0 Å². The van der Waals surface area contributed by atoms with E-state index in [4.69, 9.17) is 4.74 Å². The molecule has 3 rings (SSSR count). The maximum absolute atomic E-state index is 6.01. The summed E-state index contributed by atoms with van der Waals surface area (Å²) in [5, 5.41) is 0.562. The summed E-state index contributed by atoms with van der Waals surface area (Å²) >= 11 is 1.28. The van der Waals surface area contributed by atoms with Gasteiger partial charge in [-0.15, -0.1) is 0 Å². The Kier molecular flexibility index (Phi) is 6.41. The molecule has 0 atom stereocenters. The molecule has 0 saturated carbocycles. The molecule has 0 unspecified atom stereocenters. The van der Waals surface area contributed by atoms with E-state index in [0.717, 1.165) is 34.9 Å². The minimum atomic E-state index is 0.562. The summed E-state index contributed by atoms with van der Waals surface area (Å²) in [5.74, 6) is 1.57. The largest absolute Gasteiger partial charge is 0.430 e. The fraction of sp³-hybridized carbons (Fsp3) is 0.318. The summed E-state index contributed by atoms with van der Waals surface area (Å²) < 4.78 is 10.4. The van der Waals surface area contributed by atoms with Gasteiger partial charge >= 0.3 is 0 Å². The van der Waals surface area contributed by atoms with E-state index in [2.05, 4.69) is 52.5 Å². The molecule has 1 heterocycles. The monoisotopic (exact) mass is 394 g/mol. The van der Waals surface area contributed by atoms with E-state index in [1.807, 2.05) is 44.3 Å². The van der Waals surface area contributed by atoms with Gasteiger partial charge in [0.15, 0.2) is 5.82 Å². The van der Waals surface area contributed by atoms with Crippen molar-refractivity contribution in [3.8, 4) is 10.9 Å². The standard InChI is InChI=1S/C22H26N4OS/c1-6-26(5)14-23-19-11-17(4)20(12-16(19)3)27-22-24-21(25-28-22)13-18-9-7-15(2)8-10-18/h7-12,14H,6,13H2,1-5H3. The smallest absolute Gasteiger partial charge is 0.298 e. The Hall–Kier alpha value is -2.73. The lowest BCUT2D eigenvalue weighted by Crippen LogP contribution is -2.14. The van der Waals surface area contributed by atoms with Gasteiger partial charge in [0.2, 0.25) is 0 Å². The number of aromatic nitrogens is 2. The normalized spacial score (nSPS) is 11.2. The second-order valence-corrected chi connectivity index (χ2v) is 7.68. The van der Waals surface area contributed by atoms with Crippen LogP contribution >= 0.6 is 11.5 Å². The molecule has 0 aliphatic carbocycles. The number of nitrogens with zero attached hydrogens (tertiary/aromatic N) is 4. The van der Waals surface area contributed by atoms with E-state index in [1.165, 1.54) is 22.7 Å². The molecule has 5 nitrogen and oxygen atoms in total. The third-order valence-corrected chi connectivity index (χ3v) is 5.15. The quantitative estimate of drug-likeness (QED) is 0.394. The summed E-state index contributed by atoms with van der Waals surface area (Å²) in [6.07, 6.45) is 2.56. The maximum Gasteiger partial charge on any atom is 0.298 e. The number of aliphatic imine (C=N–C) groups is 1. The van der Waals surface area contributed by atoms with Crippen molar-refractivity contribution in [2.45, 2.75) is 34.1 Å². The molecule has 1 aromatic heterocycles. The Morgan fingerprint density at radius 1 is 1.11 bits per heavy atom. The van der Waals surface area contributed by atoms with Crippen LogP contribution in [0.4, 0.5) is 5.69 Å². The van der Waals surface area contributed by atoms with Crippen LogP contribution in [-0.4, -0.2) is 34.2 Å². The van der Waals surface area contributed by atoms with Crippen molar-refractivity contribution < 1.29 is 4.74 Å². The number of hydrogen-bond acceptors (Lipinski definition) is 5. The molecule has 2 aromatic carbocycles. The lowest BCUT2D eigenvalue weighted by molar-refractivity contribution is 0.473. The van der Waals surface area contributed by atoms with Gasteiger partial charge < -0.3 is 9.64 Å². The van der Waals surface area contributed by atoms with Crippen molar-refractivity contribution in [3.63, 3.8) is 0 Å². The van der Waals surface area contributed by atoms with Crippen molar-refractivity contribution in [1.82, 2.24) is 14.3 Å². The van der Waals surface area contributed by atoms with E-state index >= 15 is 0 Å². The molecule has 0 fully saturated rings. The van der Waals surface area contributed by atoms with Crippen LogP contribution in [0.3, 0.4) is 0 Å². The molecule has 0 saturated heterocycles. The Morgan fingerprint density at radius 3 is 2.57 bits per heavy atom. The molecular formula is C22H26N4OS. The van der Waals surface area contributed by atoms with Crippen molar-refractivity contribution in [1.29, 1.82) is 0 Å². The second kappa shape index (κ2) is 8.97. The van der Waals surface area contributed by atoms with Gasteiger partial charge in [0.05, 0.1) is 12.0 Å². The summed E-state index contributed by atoms with van der Waals surface area (Å²) in [4.78, 5) is 11.1. The zero-order valence-electron chi connectivity index (χ0n) is 17.1. The molecule has 6 heteroatoms. The highest BCUT2D eigenvalue weighted by Crippen LogP contribution is 2.32. The van der Waals surface area contributed by atoms with Gasteiger partial charge in [-0.2, -0.15) is 9.36 Å². The Labute approximate surface area is 170 Å². The average Bonchev–Trinajstić information content (AvgIpc) is 3.11. The van der Waals surface area contributed by atoms with Crippen molar-refractivity contribution in [2.24, 2.45) is 4.99 Å². The molecule has 0 N–H and O–H groups in total. The van der Waals surface area contributed by atoms with E-state index in [9.17, 15) is 0 Å². The van der Waals surface area contributed by atoms with Crippen molar-refractivity contribution in [2.75, 3.05) is 13.6 Å². The van der Waals surface area contributed by atoms with Crippen molar-refractivity contribution in [3.05, 3.63) is 64.5 Å². The Balaban J connectivity index is 1.71. The first-order chi connectivity index (χ1) is 13.4. The number of ether oxygens (including phenoxy) is 1. The Morgan fingerprint density at radius 2 is 1.86 bits per heavy atom. The lowest BCUT2D eigenvalue weighted by Gasteiger charge is -2.11. The Bertz CT molecular complexity index is 963. The van der Waals surface area contributed by atoms with E-state index < -0.39 is 0 Å². The van der Waals surface area contributed by atoms with Crippen LogP contribution < -0.4 is 4.74 Å². The number of benzene rings is 2. The molecule has 0 bridgehead atoms. The summed E-state index contributed by atoms with van der Waals surface area (Å²) in [7, 11) is 2.01. The van der Waals surface area contributed by atoms with Crippen LogP contribution in [0.5, 0.6) is 10.9 Å². The van der Waals surface area contributed by atoms with Crippen LogP contribution in [-0.2, 0) is 6.42 Å². The van der Waals surface area contributed by atoms with Crippen LogP contribution in [0.2, 0.25) is 0 Å². The van der Waals surface area contributed by atoms with Crippen LogP contribution in [0.25, 0.3) is 0 Å². The first-order valence-corrected chi connectivity index (χ1v) is 10.1. The first kappa shape index (κ1) is 20.0. The van der Waals surface area contributed by atoms with Gasteiger partial charge in [-0.05, 0) is 56.5 Å². The average molecular weight is 395 g/mol. The van der Waals surface area contributed by atoms with Gasteiger partial charge in [0.1, 0.15) is 5.75 Å². The van der Waals surface area contributed by atoms with Crippen LogP contribution in [0.15, 0.2) is 41.4 Å². The van der Waals surface area contributed by atoms with Gasteiger partial charge in [-0.1, -0.05) is 29.8 Å². The predicted octanol–water partition coefficient (Wildman–Crippen LogP) is 5.46. The molecule has 0 amide bonds. The number of aryl methyl sites for hydroxylation is 3. The zero-order chi connectivity index (χ0) is 20.1. The second-order valence-electron chi connectivity index (χ2n) is 6.96. The summed E-state index contributed by atoms with van der Waals surface area (Å²) in [5.41, 5.74) is 5.47. The van der Waals surface area contributed by atoms with Gasteiger partial charge in [0.25, 0.3) is 5.19 Å². The third-order valence-electron chi connectivity index (χ3n) is 4.52. The van der Waals surface area contributed by atoms with Crippen LogP contribution in [0, 0.1) is 20.8 Å². The summed E-state index contributed by atoms with van der Waals surface area (Å²) in [6.45, 7) is 9.15. The van der Waals surface area contributed by atoms with E-state index in [1.54, 1.807) is 0 Å². The minimum Gasteiger partial charge on any atom is -0.430 e. The highest BCUT2D eigenvalue weighted by molar-refractivity contribution is 7.07. The minimum absolute atomic E-state index is 0.562. The predicted molar refractivity (Wildman–Crippen MR) is 116 cm³/mol. The SMILES string of the molecule is CCN(C)C=Nc1cc(C)c(Oc2nc(Cc3ccc(C)cc3)ns2)cc1C. The molecule has 0 aliphatic heterocycles. The van der Waals surface area contributed by atoms with Crippen molar-refractivity contribution >= 4 is 23.6 Å². The highest BCUT2D eigenvalue weighted by atomic mass is 32.1. The maximum atomic E-state index is 6.01. The molecule has 0 aliphatic rings. The molecule has 146 valence electrons. The fourth-order valence-corrected chi connectivity index (χ4v) is 3.16. The van der Waals surface area contributed by atoms with Gasteiger partial charge in [-0.25, -0.2) is 4.99 Å². The zero-order valence-corrected chi connectivity index (χ0v) is 17.9. The fourth-order valence-electron chi connectivity index (χ4n) is 2.60. The van der Waals surface area contributed by atoms with Gasteiger partial charge in [0, 0.05) is 31.5 Å². The van der Waals surface area contributed by atoms with Crippen LogP contribution in [0.1, 0.15) is 35.0 Å². The molecule has 28 heavy (non-hydrogen) atoms. The molecule has 0 spiro atoms.